The lowest BCUT2D eigenvalue weighted by Gasteiger charge is -2.25. The van der Waals surface area contributed by atoms with Crippen molar-refractivity contribution in [2.45, 2.75) is 32.0 Å². The van der Waals surface area contributed by atoms with Gasteiger partial charge in [0.25, 0.3) is 0 Å². The molecule has 0 radical (unpaired) electrons. The van der Waals surface area contributed by atoms with Crippen LogP contribution in [0.25, 0.3) is 22.0 Å². The van der Waals surface area contributed by atoms with Crippen molar-refractivity contribution in [1.29, 1.82) is 0 Å². The Morgan fingerprint density at radius 1 is 1.00 bits per heavy atom. The molecule has 4 aromatic rings. The number of nitrogens with one attached hydrogen (secondary N) is 1. The van der Waals surface area contributed by atoms with Crippen LogP contribution in [0, 0.1) is 5.92 Å². The van der Waals surface area contributed by atoms with E-state index in [9.17, 15) is 13.2 Å². The minimum Gasteiger partial charge on any atom is -0.497 e. The summed E-state index contributed by atoms with van der Waals surface area (Å²) in [4.78, 5) is 4.23. The normalized spacial score (nSPS) is 13.9. The first-order valence-electron chi connectivity index (χ1n) is 11.7. The lowest BCUT2D eigenvalue weighted by atomic mass is 9.85. The Hall–Kier alpha value is -3.88. The van der Waals surface area contributed by atoms with Crippen LogP contribution < -0.4 is 14.8 Å². The van der Waals surface area contributed by atoms with Gasteiger partial charge in [-0.05, 0) is 60.7 Å². The predicted molar refractivity (Wildman–Crippen MR) is 131 cm³/mol. The molecule has 1 aliphatic carbocycles. The molecule has 0 saturated heterocycles. The van der Waals surface area contributed by atoms with E-state index in [0.717, 1.165) is 35.0 Å². The van der Waals surface area contributed by atoms with E-state index in [1.165, 1.54) is 25.3 Å². The van der Waals surface area contributed by atoms with Crippen LogP contribution in [0.3, 0.4) is 0 Å². The second-order valence-corrected chi connectivity index (χ2v) is 8.84. The smallest absolute Gasteiger partial charge is 0.416 e. The summed E-state index contributed by atoms with van der Waals surface area (Å²) in [6.07, 6.45) is 2.43. The molecule has 36 heavy (non-hydrogen) atoms. The average molecular weight is 495 g/mol. The molecule has 0 unspecified atom stereocenters. The summed E-state index contributed by atoms with van der Waals surface area (Å²) >= 11 is 0. The second kappa shape index (κ2) is 10.0. The number of hydrogen-bond acceptors (Lipinski definition) is 6. The van der Waals surface area contributed by atoms with Crippen LogP contribution >= 0.6 is 0 Å². The van der Waals surface area contributed by atoms with Crippen LogP contribution in [-0.2, 0) is 12.8 Å². The van der Waals surface area contributed by atoms with Gasteiger partial charge in [-0.1, -0.05) is 18.6 Å². The summed E-state index contributed by atoms with van der Waals surface area (Å²) in [7, 11) is 1.56. The average Bonchev–Trinajstić information content (AvgIpc) is 2.86. The fourth-order valence-corrected chi connectivity index (χ4v) is 4.16. The maximum Gasteiger partial charge on any atom is 0.416 e. The predicted octanol–water partition coefficient (Wildman–Crippen LogP) is 6.51. The van der Waals surface area contributed by atoms with E-state index >= 15 is 0 Å². The van der Waals surface area contributed by atoms with E-state index in [4.69, 9.17) is 9.47 Å². The van der Waals surface area contributed by atoms with Gasteiger partial charge in [0, 0.05) is 35.3 Å². The van der Waals surface area contributed by atoms with Crippen molar-refractivity contribution in [2.24, 2.45) is 5.92 Å². The highest BCUT2D eigenvalue weighted by atomic mass is 19.4. The number of methoxy groups -OCH3 is 1. The Morgan fingerprint density at radius 3 is 2.50 bits per heavy atom. The summed E-state index contributed by atoms with van der Waals surface area (Å²) < 4.78 is 51.7. The molecular formula is C27H25F3N4O2. The molecule has 0 amide bonds. The second-order valence-electron chi connectivity index (χ2n) is 8.84. The van der Waals surface area contributed by atoms with Crippen molar-refractivity contribution in [3.8, 4) is 22.8 Å². The van der Waals surface area contributed by atoms with Crippen LogP contribution in [0.15, 0.2) is 60.9 Å². The molecule has 5 rings (SSSR count). The molecule has 6 nitrogen and oxygen atoms in total. The minimum atomic E-state index is -4.51. The zero-order valence-corrected chi connectivity index (χ0v) is 19.7. The number of alkyl halides is 3. The minimum absolute atomic E-state index is 0.0724. The van der Waals surface area contributed by atoms with Gasteiger partial charge < -0.3 is 14.8 Å². The van der Waals surface area contributed by atoms with E-state index < -0.39 is 11.7 Å². The van der Waals surface area contributed by atoms with Crippen molar-refractivity contribution in [2.75, 3.05) is 19.0 Å². The topological polar surface area (TPSA) is 69.2 Å². The number of nitrogens with zero attached hydrogens (tertiary/aromatic N) is 3. The number of halogens is 3. The first-order valence-corrected chi connectivity index (χ1v) is 11.7. The maximum absolute atomic E-state index is 13.5. The molecule has 0 aliphatic heterocycles. The van der Waals surface area contributed by atoms with Crippen LogP contribution in [0.2, 0.25) is 0 Å². The van der Waals surface area contributed by atoms with Gasteiger partial charge in [-0.3, -0.25) is 4.98 Å². The van der Waals surface area contributed by atoms with Gasteiger partial charge in [0.15, 0.2) is 5.82 Å². The standard InChI is InChI=1S/C27H25F3N4O2/c1-35-20-8-5-18(6-9-20)16-36-24-13-19(27(28,29)30)7-10-22(24)25-21-11-12-31-15-23(21)26(34-33-25)32-14-17-3-2-4-17/h5-13,15,17H,2-4,14,16H2,1H3,(H,32,34). The van der Waals surface area contributed by atoms with Gasteiger partial charge in [0.05, 0.1) is 12.7 Å². The number of pyridine rings is 1. The van der Waals surface area contributed by atoms with Crippen LogP contribution in [0.4, 0.5) is 19.0 Å². The number of rotatable bonds is 8. The largest absolute Gasteiger partial charge is 0.497 e. The molecule has 2 aromatic heterocycles. The monoisotopic (exact) mass is 494 g/mol. The first-order chi connectivity index (χ1) is 17.4. The van der Waals surface area contributed by atoms with E-state index in [-0.39, 0.29) is 12.4 Å². The third-order valence-electron chi connectivity index (χ3n) is 6.48. The summed E-state index contributed by atoms with van der Waals surface area (Å²) in [6, 6.07) is 12.4. The molecule has 2 aromatic carbocycles. The molecule has 1 fully saturated rings. The third kappa shape index (κ3) is 5.05. The molecule has 186 valence electrons. The van der Waals surface area contributed by atoms with Gasteiger partial charge >= 0.3 is 6.18 Å². The van der Waals surface area contributed by atoms with E-state index in [0.29, 0.717) is 28.7 Å². The van der Waals surface area contributed by atoms with Crippen molar-refractivity contribution >= 4 is 16.6 Å². The lowest BCUT2D eigenvalue weighted by Crippen LogP contribution is -2.21. The van der Waals surface area contributed by atoms with E-state index in [1.54, 1.807) is 49.8 Å². The summed E-state index contributed by atoms with van der Waals surface area (Å²) in [6.45, 7) is 0.876. The Balaban J connectivity index is 1.51. The Kier molecular flexibility index (Phi) is 6.63. The molecule has 2 heterocycles. The van der Waals surface area contributed by atoms with Crippen LogP contribution in [0.1, 0.15) is 30.4 Å². The van der Waals surface area contributed by atoms with Gasteiger partial charge in [-0.15, -0.1) is 10.2 Å². The highest BCUT2D eigenvalue weighted by Gasteiger charge is 2.32. The number of hydrogen-bond donors (Lipinski definition) is 1. The Labute approximate surface area is 206 Å². The molecule has 9 heteroatoms. The summed E-state index contributed by atoms with van der Waals surface area (Å²) in [5.41, 5.74) is 0.842. The Morgan fingerprint density at radius 2 is 1.81 bits per heavy atom. The number of fused-ring (bicyclic) bond motifs is 1. The summed E-state index contributed by atoms with van der Waals surface area (Å²) in [5, 5.41) is 13.6. The zero-order valence-electron chi connectivity index (χ0n) is 19.7. The quantitative estimate of drug-likeness (QED) is 0.301. The lowest BCUT2D eigenvalue weighted by molar-refractivity contribution is -0.137. The first kappa shape index (κ1) is 23.8. The third-order valence-corrected chi connectivity index (χ3v) is 6.48. The number of aromatic nitrogens is 3. The fourth-order valence-electron chi connectivity index (χ4n) is 4.16. The van der Waals surface area contributed by atoms with Crippen molar-refractivity contribution in [3.05, 3.63) is 72.1 Å². The molecule has 0 spiro atoms. The van der Waals surface area contributed by atoms with Crippen molar-refractivity contribution in [1.82, 2.24) is 15.2 Å². The van der Waals surface area contributed by atoms with Crippen molar-refractivity contribution in [3.63, 3.8) is 0 Å². The van der Waals surface area contributed by atoms with Crippen LogP contribution in [-0.4, -0.2) is 28.8 Å². The molecule has 0 atom stereocenters. The van der Waals surface area contributed by atoms with Crippen molar-refractivity contribution < 1.29 is 22.6 Å². The van der Waals surface area contributed by atoms with Gasteiger partial charge in [0.2, 0.25) is 0 Å². The highest BCUT2D eigenvalue weighted by molar-refractivity contribution is 6.00. The number of ether oxygens (including phenoxy) is 2. The fraction of sp³-hybridized carbons (Fsp3) is 0.296. The van der Waals surface area contributed by atoms with Gasteiger partial charge in [-0.25, -0.2) is 0 Å². The molecule has 0 bridgehead atoms. The molecular weight excluding hydrogens is 469 g/mol. The van der Waals surface area contributed by atoms with E-state index in [1.807, 2.05) is 0 Å². The molecule has 1 saturated carbocycles. The number of benzene rings is 2. The summed E-state index contributed by atoms with van der Waals surface area (Å²) in [5.74, 6) is 1.98. The van der Waals surface area contributed by atoms with Gasteiger partial charge in [0.1, 0.15) is 23.8 Å². The van der Waals surface area contributed by atoms with Crippen LogP contribution in [0.5, 0.6) is 11.5 Å². The molecule has 1 N–H and O–H groups in total. The molecule has 1 aliphatic rings. The zero-order chi connectivity index (χ0) is 25.1. The van der Waals surface area contributed by atoms with E-state index in [2.05, 4.69) is 20.5 Å². The highest BCUT2D eigenvalue weighted by Crippen LogP contribution is 2.39. The SMILES string of the molecule is COc1ccc(COc2cc(C(F)(F)F)ccc2-c2nnc(NCC3CCC3)c3cnccc23)cc1. The maximum atomic E-state index is 13.5. The number of anilines is 1. The Bertz CT molecular complexity index is 1360. The van der Waals surface area contributed by atoms with Gasteiger partial charge in [-0.2, -0.15) is 13.2 Å².